The Labute approximate surface area is 316 Å². The highest BCUT2D eigenvalue weighted by Crippen LogP contribution is 2.52. The zero-order chi connectivity index (χ0) is 36.4. The highest BCUT2D eigenvalue weighted by Gasteiger charge is 2.36. The van der Waals surface area contributed by atoms with Crippen LogP contribution in [-0.2, 0) is 5.41 Å². The lowest BCUT2D eigenvalue weighted by Gasteiger charge is -2.28. The average Bonchev–Trinajstić information content (AvgIpc) is 3.96. The van der Waals surface area contributed by atoms with Gasteiger partial charge in [-0.05, 0) is 82.4 Å². The first-order valence-corrected chi connectivity index (χ1v) is 18.8. The summed E-state index contributed by atoms with van der Waals surface area (Å²) >= 11 is 0. The third-order valence-electron chi connectivity index (χ3n) is 11.9. The maximum atomic E-state index is 6.87. The summed E-state index contributed by atoms with van der Waals surface area (Å²) in [4.78, 5) is 2.35. The van der Waals surface area contributed by atoms with Gasteiger partial charge in [0.25, 0.3) is 0 Å². The SMILES string of the molecule is CC1(C)c2ccccc2-c2ccc(N(c3ccc4oc5c(-c6ccccc6)c6c(cc5c4c3)oc3ccccc36)c3cccc4c3oc3ccccc34)cc21. The van der Waals surface area contributed by atoms with Gasteiger partial charge in [-0.2, -0.15) is 0 Å². The Morgan fingerprint density at radius 2 is 1.07 bits per heavy atom. The van der Waals surface area contributed by atoms with Crippen molar-refractivity contribution in [2.24, 2.45) is 0 Å². The molecule has 8 aromatic carbocycles. The number of furan rings is 3. The fourth-order valence-corrected chi connectivity index (χ4v) is 9.29. The number of anilines is 3. The zero-order valence-electron chi connectivity index (χ0n) is 30.3. The number of benzene rings is 8. The Balaban J connectivity index is 1.14. The van der Waals surface area contributed by atoms with Gasteiger partial charge >= 0.3 is 0 Å². The molecule has 1 aliphatic carbocycles. The van der Waals surface area contributed by atoms with Crippen LogP contribution < -0.4 is 4.90 Å². The Kier molecular flexibility index (Phi) is 6.09. The smallest absolute Gasteiger partial charge is 0.159 e. The summed E-state index contributed by atoms with van der Waals surface area (Å²) in [5, 5.41) is 6.35. The van der Waals surface area contributed by atoms with Gasteiger partial charge < -0.3 is 18.2 Å². The van der Waals surface area contributed by atoms with E-state index in [1.54, 1.807) is 0 Å². The molecule has 12 rings (SSSR count). The summed E-state index contributed by atoms with van der Waals surface area (Å²) < 4.78 is 20.1. The standard InChI is InChI=1S/C51H33NO3/c1-51(2)40-19-9-6-15-33(40)34-25-23-32(28-41(34)51)52(42-20-12-18-36-35-16-7-10-21-43(35)54-49(36)42)31-24-26-45-38(27-31)39-29-46-48(37-17-8-11-22-44(37)53-46)47(50(39)55-45)30-13-4-3-5-14-30/h3-29H,1-2H3. The van der Waals surface area contributed by atoms with Crippen molar-refractivity contribution in [1.29, 1.82) is 0 Å². The molecule has 4 heteroatoms. The Hall–Kier alpha value is -7.04. The van der Waals surface area contributed by atoms with Crippen LogP contribution in [-0.4, -0.2) is 0 Å². The molecule has 4 nitrogen and oxygen atoms in total. The van der Waals surface area contributed by atoms with Crippen LogP contribution in [0.3, 0.4) is 0 Å². The minimum Gasteiger partial charge on any atom is -0.456 e. The summed E-state index contributed by atoms with van der Waals surface area (Å²) in [5.74, 6) is 0. The molecular weight excluding hydrogens is 675 g/mol. The largest absolute Gasteiger partial charge is 0.456 e. The van der Waals surface area contributed by atoms with Crippen molar-refractivity contribution in [3.8, 4) is 22.3 Å². The molecule has 0 spiro atoms. The monoisotopic (exact) mass is 707 g/mol. The van der Waals surface area contributed by atoms with Crippen LogP contribution in [0.5, 0.6) is 0 Å². The predicted octanol–water partition coefficient (Wildman–Crippen LogP) is 14.8. The molecule has 3 heterocycles. The summed E-state index contributed by atoms with van der Waals surface area (Å²) in [6.45, 7) is 4.66. The van der Waals surface area contributed by atoms with Crippen LogP contribution in [0.2, 0.25) is 0 Å². The minimum absolute atomic E-state index is 0.157. The number of nitrogens with zero attached hydrogens (tertiary/aromatic N) is 1. The van der Waals surface area contributed by atoms with Gasteiger partial charge in [0.05, 0.1) is 5.69 Å². The van der Waals surface area contributed by atoms with Gasteiger partial charge in [0.2, 0.25) is 0 Å². The van der Waals surface area contributed by atoms with Crippen LogP contribution in [0.1, 0.15) is 25.0 Å². The molecule has 0 N–H and O–H groups in total. The molecule has 55 heavy (non-hydrogen) atoms. The molecule has 11 aromatic rings. The number of hydrogen-bond acceptors (Lipinski definition) is 4. The molecule has 0 fully saturated rings. The van der Waals surface area contributed by atoms with Crippen molar-refractivity contribution in [2.45, 2.75) is 19.3 Å². The number of para-hydroxylation sites is 3. The molecule has 0 unspecified atom stereocenters. The topological polar surface area (TPSA) is 42.7 Å². The molecule has 0 saturated carbocycles. The van der Waals surface area contributed by atoms with E-state index in [2.05, 4.69) is 158 Å². The van der Waals surface area contributed by atoms with Crippen molar-refractivity contribution >= 4 is 82.9 Å². The quantitative estimate of drug-likeness (QED) is 0.183. The molecule has 260 valence electrons. The first-order chi connectivity index (χ1) is 27.0. The van der Waals surface area contributed by atoms with E-state index in [0.29, 0.717) is 0 Å². The molecule has 0 saturated heterocycles. The highest BCUT2D eigenvalue weighted by atomic mass is 16.3. The van der Waals surface area contributed by atoms with Gasteiger partial charge in [0.15, 0.2) is 5.58 Å². The number of hydrogen-bond donors (Lipinski definition) is 0. The van der Waals surface area contributed by atoms with E-state index in [9.17, 15) is 0 Å². The number of rotatable bonds is 4. The zero-order valence-corrected chi connectivity index (χ0v) is 30.3. The van der Waals surface area contributed by atoms with Gasteiger partial charge in [0, 0.05) is 54.7 Å². The van der Waals surface area contributed by atoms with E-state index in [0.717, 1.165) is 94.0 Å². The van der Waals surface area contributed by atoms with E-state index in [1.807, 2.05) is 24.3 Å². The maximum Gasteiger partial charge on any atom is 0.159 e. The normalized spacial score (nSPS) is 13.4. The van der Waals surface area contributed by atoms with Crippen molar-refractivity contribution in [1.82, 2.24) is 0 Å². The van der Waals surface area contributed by atoms with E-state index >= 15 is 0 Å². The van der Waals surface area contributed by atoms with Gasteiger partial charge in [-0.25, -0.2) is 0 Å². The molecule has 0 amide bonds. The van der Waals surface area contributed by atoms with Gasteiger partial charge in [-0.1, -0.05) is 123 Å². The third-order valence-corrected chi connectivity index (χ3v) is 11.9. The van der Waals surface area contributed by atoms with Gasteiger partial charge in [0.1, 0.15) is 27.9 Å². The second-order valence-corrected chi connectivity index (χ2v) is 15.2. The van der Waals surface area contributed by atoms with Crippen LogP contribution >= 0.6 is 0 Å². The average molecular weight is 708 g/mol. The molecule has 0 bridgehead atoms. The van der Waals surface area contributed by atoms with Crippen LogP contribution in [0.4, 0.5) is 17.1 Å². The van der Waals surface area contributed by atoms with Crippen molar-refractivity contribution in [2.75, 3.05) is 4.90 Å². The molecule has 3 aromatic heterocycles. The van der Waals surface area contributed by atoms with E-state index in [1.165, 1.54) is 22.3 Å². The van der Waals surface area contributed by atoms with E-state index in [-0.39, 0.29) is 5.41 Å². The van der Waals surface area contributed by atoms with Crippen molar-refractivity contribution in [3.63, 3.8) is 0 Å². The molecular formula is C51H33NO3. The van der Waals surface area contributed by atoms with E-state index < -0.39 is 0 Å². The fraction of sp³-hybridized carbons (Fsp3) is 0.0588. The van der Waals surface area contributed by atoms with Crippen LogP contribution in [0.25, 0.3) is 88.1 Å². The Morgan fingerprint density at radius 1 is 0.418 bits per heavy atom. The first kappa shape index (κ1) is 30.4. The fourth-order valence-electron chi connectivity index (χ4n) is 9.29. The summed E-state index contributed by atoms with van der Waals surface area (Å²) in [5.41, 5.74) is 15.3. The predicted molar refractivity (Wildman–Crippen MR) is 226 cm³/mol. The van der Waals surface area contributed by atoms with Crippen LogP contribution in [0.15, 0.2) is 177 Å². The lowest BCUT2D eigenvalue weighted by molar-refractivity contribution is 0.660. The molecule has 0 aliphatic heterocycles. The first-order valence-electron chi connectivity index (χ1n) is 18.8. The minimum atomic E-state index is -0.157. The summed E-state index contributed by atoms with van der Waals surface area (Å²) in [6, 6.07) is 57.9. The lowest BCUT2D eigenvalue weighted by atomic mass is 9.82. The number of fused-ring (bicyclic) bond motifs is 12. The Morgan fingerprint density at radius 3 is 1.95 bits per heavy atom. The van der Waals surface area contributed by atoms with Crippen molar-refractivity contribution in [3.05, 3.63) is 175 Å². The van der Waals surface area contributed by atoms with Gasteiger partial charge in [-0.3, -0.25) is 0 Å². The maximum absolute atomic E-state index is 6.87. The second-order valence-electron chi connectivity index (χ2n) is 15.2. The highest BCUT2D eigenvalue weighted by molar-refractivity contribution is 6.24. The summed E-state index contributed by atoms with van der Waals surface area (Å²) in [7, 11) is 0. The lowest BCUT2D eigenvalue weighted by Crippen LogP contribution is -2.16. The van der Waals surface area contributed by atoms with E-state index in [4.69, 9.17) is 13.3 Å². The molecule has 0 atom stereocenters. The summed E-state index contributed by atoms with van der Waals surface area (Å²) in [6.07, 6.45) is 0. The molecule has 0 radical (unpaired) electrons. The third kappa shape index (κ3) is 4.22. The Bertz CT molecular complexity index is 3360. The van der Waals surface area contributed by atoms with Crippen LogP contribution in [0, 0.1) is 0 Å². The van der Waals surface area contributed by atoms with Gasteiger partial charge in [-0.15, -0.1) is 0 Å². The van der Waals surface area contributed by atoms with Crippen molar-refractivity contribution < 1.29 is 13.3 Å². The second kappa shape index (κ2) is 11.0. The molecule has 1 aliphatic rings.